The van der Waals surface area contributed by atoms with Crippen LogP contribution in [-0.2, 0) is 14.6 Å². The van der Waals surface area contributed by atoms with Gasteiger partial charge in [-0.15, -0.1) is 0 Å². The van der Waals surface area contributed by atoms with Crippen LogP contribution in [0.3, 0.4) is 0 Å². The molecule has 0 aliphatic carbocycles. The summed E-state index contributed by atoms with van der Waals surface area (Å²) < 4.78 is 28.2. The Kier molecular flexibility index (Phi) is 3.27. The molecule has 0 amide bonds. The summed E-state index contributed by atoms with van der Waals surface area (Å²) in [5.41, 5.74) is -0.202. The second kappa shape index (κ2) is 4.25. The largest absolute Gasteiger partial charge is 0.390 e. The van der Waals surface area contributed by atoms with E-state index in [1.54, 1.807) is 0 Å². The fourth-order valence-corrected chi connectivity index (χ4v) is 4.12. The zero-order chi connectivity index (χ0) is 11.8. The highest BCUT2D eigenvalue weighted by Crippen LogP contribution is 2.24. The lowest BCUT2D eigenvalue weighted by molar-refractivity contribution is 0.0158. The topological polar surface area (TPSA) is 75.6 Å². The monoisotopic (exact) mass is 249 g/mol. The summed E-state index contributed by atoms with van der Waals surface area (Å²) in [6.07, 6.45) is 1.24. The van der Waals surface area contributed by atoms with E-state index < -0.39 is 15.9 Å². The van der Waals surface area contributed by atoms with Crippen molar-refractivity contribution in [3.05, 3.63) is 0 Å². The van der Waals surface area contributed by atoms with Gasteiger partial charge < -0.3 is 15.2 Å². The van der Waals surface area contributed by atoms with E-state index in [1.165, 1.54) is 0 Å². The number of hydrogen-bond acceptors (Lipinski definition) is 5. The van der Waals surface area contributed by atoms with Gasteiger partial charge in [-0.05, 0) is 19.8 Å². The van der Waals surface area contributed by atoms with Crippen LogP contribution in [0, 0.1) is 0 Å². The fraction of sp³-hybridized carbons (Fsp3) is 1.00. The number of hydrogen-bond donors (Lipinski definition) is 2. The predicted octanol–water partition coefficient (Wildman–Crippen LogP) is -0.697. The van der Waals surface area contributed by atoms with Crippen molar-refractivity contribution in [3.8, 4) is 0 Å². The maximum atomic E-state index is 11.3. The Morgan fingerprint density at radius 3 is 2.75 bits per heavy atom. The van der Waals surface area contributed by atoms with E-state index in [0.717, 1.165) is 19.4 Å². The minimum Gasteiger partial charge on any atom is -0.390 e. The molecule has 2 aliphatic rings. The van der Waals surface area contributed by atoms with Gasteiger partial charge in [-0.2, -0.15) is 0 Å². The molecular formula is C10H19NO4S. The molecule has 0 saturated carbocycles. The fourth-order valence-electron chi connectivity index (χ4n) is 2.35. The summed E-state index contributed by atoms with van der Waals surface area (Å²) in [6.45, 7) is 3.39. The number of rotatable bonds is 3. The van der Waals surface area contributed by atoms with Crippen LogP contribution in [0.1, 0.15) is 19.8 Å². The van der Waals surface area contributed by atoms with Crippen LogP contribution < -0.4 is 5.32 Å². The van der Waals surface area contributed by atoms with Gasteiger partial charge in [0.05, 0.1) is 23.2 Å². The maximum absolute atomic E-state index is 11.3. The van der Waals surface area contributed by atoms with Gasteiger partial charge in [0, 0.05) is 19.2 Å². The van der Waals surface area contributed by atoms with Gasteiger partial charge in [0.1, 0.15) is 0 Å². The minimum absolute atomic E-state index is 0.0320. The van der Waals surface area contributed by atoms with Crippen LogP contribution in [0.5, 0.6) is 0 Å². The molecular weight excluding hydrogens is 230 g/mol. The first-order valence-electron chi connectivity index (χ1n) is 5.66. The second-order valence-electron chi connectivity index (χ2n) is 5.03. The highest BCUT2D eigenvalue weighted by atomic mass is 32.2. The Labute approximate surface area is 96.1 Å². The SMILES string of the molecule is CC1(CNC2CS(=O)(=O)CC2O)CCCO1. The Hall–Kier alpha value is -0.170. The van der Waals surface area contributed by atoms with Gasteiger partial charge in [-0.3, -0.25) is 0 Å². The summed E-state index contributed by atoms with van der Waals surface area (Å²) in [5, 5.41) is 12.7. The van der Waals surface area contributed by atoms with Crippen molar-refractivity contribution in [3.63, 3.8) is 0 Å². The molecule has 94 valence electrons. The Bertz CT molecular complexity index is 348. The third-order valence-electron chi connectivity index (χ3n) is 3.36. The molecule has 3 atom stereocenters. The molecule has 16 heavy (non-hydrogen) atoms. The third kappa shape index (κ3) is 2.74. The normalized spacial score (nSPS) is 42.6. The van der Waals surface area contributed by atoms with Crippen LogP contribution >= 0.6 is 0 Å². The number of aliphatic hydroxyl groups excluding tert-OH is 1. The first-order valence-corrected chi connectivity index (χ1v) is 7.48. The van der Waals surface area contributed by atoms with E-state index in [2.05, 4.69) is 5.32 Å². The van der Waals surface area contributed by atoms with E-state index in [1.807, 2.05) is 6.92 Å². The summed E-state index contributed by atoms with van der Waals surface area (Å²) in [4.78, 5) is 0. The number of aliphatic hydroxyl groups is 1. The molecule has 0 aromatic heterocycles. The van der Waals surface area contributed by atoms with Crippen LogP contribution in [0.15, 0.2) is 0 Å². The summed E-state index contributed by atoms with van der Waals surface area (Å²) in [7, 11) is -3.06. The zero-order valence-corrected chi connectivity index (χ0v) is 10.3. The zero-order valence-electron chi connectivity index (χ0n) is 9.48. The van der Waals surface area contributed by atoms with Crippen molar-refractivity contribution >= 4 is 9.84 Å². The predicted molar refractivity (Wildman–Crippen MR) is 60.0 cm³/mol. The van der Waals surface area contributed by atoms with Crippen molar-refractivity contribution in [2.45, 2.75) is 37.5 Å². The summed E-state index contributed by atoms with van der Waals surface area (Å²) in [5.74, 6) is -0.0908. The molecule has 0 aromatic rings. The Balaban J connectivity index is 1.87. The molecule has 2 heterocycles. The molecule has 6 heteroatoms. The third-order valence-corrected chi connectivity index (χ3v) is 5.08. The van der Waals surface area contributed by atoms with Crippen molar-refractivity contribution in [2.24, 2.45) is 0 Å². The van der Waals surface area contributed by atoms with Crippen LogP contribution in [0.4, 0.5) is 0 Å². The van der Waals surface area contributed by atoms with Gasteiger partial charge in [0.2, 0.25) is 0 Å². The van der Waals surface area contributed by atoms with Crippen LogP contribution in [0.2, 0.25) is 0 Å². The van der Waals surface area contributed by atoms with Gasteiger partial charge in [0.25, 0.3) is 0 Å². The van der Waals surface area contributed by atoms with E-state index in [0.29, 0.717) is 6.54 Å². The first kappa shape index (κ1) is 12.3. The van der Waals surface area contributed by atoms with Gasteiger partial charge in [-0.25, -0.2) is 8.42 Å². The van der Waals surface area contributed by atoms with Gasteiger partial charge in [-0.1, -0.05) is 0 Å². The molecule has 0 radical (unpaired) electrons. The smallest absolute Gasteiger partial charge is 0.154 e. The van der Waals surface area contributed by atoms with Crippen LogP contribution in [-0.4, -0.2) is 55.9 Å². The lowest BCUT2D eigenvalue weighted by Gasteiger charge is -2.26. The molecule has 0 bridgehead atoms. The molecule has 3 unspecified atom stereocenters. The maximum Gasteiger partial charge on any atom is 0.154 e. The van der Waals surface area contributed by atoms with E-state index >= 15 is 0 Å². The second-order valence-corrected chi connectivity index (χ2v) is 7.19. The highest BCUT2D eigenvalue weighted by molar-refractivity contribution is 7.91. The number of ether oxygens (including phenoxy) is 1. The van der Waals surface area contributed by atoms with Crippen molar-refractivity contribution in [1.82, 2.24) is 5.32 Å². The van der Waals surface area contributed by atoms with Crippen molar-refractivity contribution < 1.29 is 18.3 Å². The standard InChI is InChI=1S/C10H19NO4S/c1-10(3-2-4-15-10)7-11-8-5-16(13,14)6-9(8)12/h8-9,11-12H,2-7H2,1H3. The quantitative estimate of drug-likeness (QED) is 0.692. The summed E-state index contributed by atoms with van der Waals surface area (Å²) in [6, 6.07) is -0.342. The number of nitrogens with one attached hydrogen (secondary N) is 1. The molecule has 2 fully saturated rings. The van der Waals surface area contributed by atoms with Gasteiger partial charge >= 0.3 is 0 Å². The molecule has 5 nitrogen and oxygen atoms in total. The average molecular weight is 249 g/mol. The van der Waals surface area contributed by atoms with E-state index in [4.69, 9.17) is 4.74 Å². The molecule has 2 N–H and O–H groups in total. The van der Waals surface area contributed by atoms with Crippen molar-refractivity contribution in [1.29, 1.82) is 0 Å². The molecule has 2 aliphatic heterocycles. The van der Waals surface area contributed by atoms with Crippen LogP contribution in [0.25, 0.3) is 0 Å². The van der Waals surface area contributed by atoms with Crippen molar-refractivity contribution in [2.75, 3.05) is 24.7 Å². The summed E-state index contributed by atoms with van der Waals surface area (Å²) >= 11 is 0. The highest BCUT2D eigenvalue weighted by Gasteiger charge is 2.38. The first-order chi connectivity index (χ1) is 7.40. The number of sulfone groups is 1. The molecule has 2 rings (SSSR count). The Morgan fingerprint density at radius 1 is 1.50 bits per heavy atom. The van der Waals surface area contributed by atoms with Gasteiger partial charge in [0.15, 0.2) is 9.84 Å². The van der Waals surface area contributed by atoms with E-state index in [9.17, 15) is 13.5 Å². The molecule has 0 spiro atoms. The lowest BCUT2D eigenvalue weighted by Crippen LogP contribution is -2.46. The molecule has 2 saturated heterocycles. The molecule has 0 aromatic carbocycles. The Morgan fingerprint density at radius 2 is 2.25 bits per heavy atom. The van der Waals surface area contributed by atoms with E-state index in [-0.39, 0.29) is 23.1 Å². The minimum atomic E-state index is -3.06. The lowest BCUT2D eigenvalue weighted by atomic mass is 10.0. The average Bonchev–Trinajstić information content (AvgIpc) is 2.68.